The highest BCUT2D eigenvalue weighted by atomic mass is 79.9. The number of para-hydroxylation sites is 1. The van der Waals surface area contributed by atoms with Gasteiger partial charge in [-0.3, -0.25) is 0 Å². The number of nitrogens with zero attached hydrogens (tertiary/aromatic N) is 1. The van der Waals surface area contributed by atoms with Crippen molar-refractivity contribution in [1.82, 2.24) is 0 Å². The maximum absolute atomic E-state index is 12.7. The molecule has 0 saturated heterocycles. The van der Waals surface area contributed by atoms with Gasteiger partial charge in [-0.15, -0.1) is 0 Å². The molecule has 102 valence electrons. The highest BCUT2D eigenvalue weighted by Crippen LogP contribution is 2.35. The number of ether oxygens (including phenoxy) is 1. The van der Waals surface area contributed by atoms with Crippen molar-refractivity contribution >= 4 is 15.9 Å². The van der Waals surface area contributed by atoms with Crippen LogP contribution >= 0.6 is 15.9 Å². The number of benzene rings is 2. The minimum atomic E-state index is -4.56. The van der Waals surface area contributed by atoms with E-state index in [2.05, 4.69) is 15.9 Å². The first-order valence-electron chi connectivity index (χ1n) is 5.45. The predicted octanol–water partition coefficient (Wildman–Crippen LogP) is 5.13. The van der Waals surface area contributed by atoms with E-state index in [1.165, 1.54) is 12.1 Å². The molecule has 0 unspecified atom stereocenters. The third-order valence-electron chi connectivity index (χ3n) is 2.48. The first-order valence-corrected chi connectivity index (χ1v) is 6.25. The normalized spacial score (nSPS) is 10.9. The molecule has 0 atom stereocenters. The molecular weight excluding hydrogens is 335 g/mol. The largest absolute Gasteiger partial charge is 0.456 e. The van der Waals surface area contributed by atoms with E-state index >= 15 is 0 Å². The highest BCUT2D eigenvalue weighted by Gasteiger charge is 2.33. The van der Waals surface area contributed by atoms with E-state index in [1.807, 2.05) is 0 Å². The lowest BCUT2D eigenvalue weighted by Gasteiger charge is -2.11. The fourth-order valence-corrected chi connectivity index (χ4v) is 1.95. The SMILES string of the molecule is N#Cc1cc(Oc2ccccc2Br)ccc1C(F)(F)F. The predicted molar refractivity (Wildman–Crippen MR) is 70.4 cm³/mol. The number of halogens is 4. The summed E-state index contributed by atoms with van der Waals surface area (Å²) < 4.78 is 44.1. The zero-order chi connectivity index (χ0) is 14.8. The molecule has 2 nitrogen and oxygen atoms in total. The van der Waals surface area contributed by atoms with Gasteiger partial charge in [0, 0.05) is 0 Å². The summed E-state index contributed by atoms with van der Waals surface area (Å²) in [7, 11) is 0. The van der Waals surface area contributed by atoms with Crippen LogP contribution < -0.4 is 4.74 Å². The maximum Gasteiger partial charge on any atom is 0.417 e. The fraction of sp³-hybridized carbons (Fsp3) is 0.0714. The smallest absolute Gasteiger partial charge is 0.417 e. The van der Waals surface area contributed by atoms with Crippen molar-refractivity contribution in [3.63, 3.8) is 0 Å². The van der Waals surface area contributed by atoms with Crippen LogP contribution in [0.4, 0.5) is 13.2 Å². The van der Waals surface area contributed by atoms with Gasteiger partial charge >= 0.3 is 6.18 Å². The maximum atomic E-state index is 12.7. The zero-order valence-corrected chi connectivity index (χ0v) is 11.5. The summed E-state index contributed by atoms with van der Waals surface area (Å²) in [5.41, 5.74) is -1.44. The minimum absolute atomic E-state index is 0.168. The van der Waals surface area contributed by atoms with Gasteiger partial charge in [-0.05, 0) is 46.3 Å². The summed E-state index contributed by atoms with van der Waals surface area (Å²) in [5.74, 6) is 0.623. The Morgan fingerprint density at radius 3 is 2.40 bits per heavy atom. The Kier molecular flexibility index (Phi) is 4.00. The molecule has 0 fully saturated rings. The monoisotopic (exact) mass is 341 g/mol. The molecule has 6 heteroatoms. The topological polar surface area (TPSA) is 33.0 Å². The van der Waals surface area contributed by atoms with Crippen LogP contribution in [0.25, 0.3) is 0 Å². The first kappa shape index (κ1) is 14.4. The van der Waals surface area contributed by atoms with E-state index in [0.29, 0.717) is 10.2 Å². The van der Waals surface area contributed by atoms with Crippen molar-refractivity contribution in [2.75, 3.05) is 0 Å². The van der Waals surface area contributed by atoms with Crippen LogP contribution in [0.5, 0.6) is 11.5 Å². The number of nitriles is 1. The van der Waals surface area contributed by atoms with Gasteiger partial charge in [-0.1, -0.05) is 12.1 Å². The molecule has 0 saturated carbocycles. The minimum Gasteiger partial charge on any atom is -0.456 e. The van der Waals surface area contributed by atoms with E-state index in [9.17, 15) is 13.2 Å². The van der Waals surface area contributed by atoms with E-state index < -0.39 is 17.3 Å². The van der Waals surface area contributed by atoms with Crippen molar-refractivity contribution in [3.8, 4) is 17.6 Å². The number of hydrogen-bond acceptors (Lipinski definition) is 2. The van der Waals surface area contributed by atoms with Crippen LogP contribution in [0.3, 0.4) is 0 Å². The summed E-state index contributed by atoms with van der Waals surface area (Å²) >= 11 is 3.27. The third kappa shape index (κ3) is 3.11. The van der Waals surface area contributed by atoms with E-state index in [4.69, 9.17) is 10.00 Å². The van der Waals surface area contributed by atoms with Crippen LogP contribution in [0.15, 0.2) is 46.9 Å². The van der Waals surface area contributed by atoms with Gasteiger partial charge in [-0.25, -0.2) is 0 Å². The van der Waals surface area contributed by atoms with Crippen molar-refractivity contribution in [2.24, 2.45) is 0 Å². The summed E-state index contributed by atoms with van der Waals surface area (Å²) in [6.07, 6.45) is -4.56. The molecule has 0 bridgehead atoms. The van der Waals surface area contributed by atoms with Crippen molar-refractivity contribution in [1.29, 1.82) is 5.26 Å². The molecule has 20 heavy (non-hydrogen) atoms. The van der Waals surface area contributed by atoms with Crippen LogP contribution in [0, 0.1) is 11.3 Å². The number of rotatable bonds is 2. The van der Waals surface area contributed by atoms with Gasteiger partial charge < -0.3 is 4.74 Å². The zero-order valence-electron chi connectivity index (χ0n) is 9.91. The molecule has 0 aliphatic carbocycles. The Morgan fingerprint density at radius 1 is 1.10 bits per heavy atom. The van der Waals surface area contributed by atoms with Gasteiger partial charge in [0.1, 0.15) is 11.5 Å². The van der Waals surface area contributed by atoms with Gasteiger partial charge in [0.15, 0.2) is 0 Å². The van der Waals surface area contributed by atoms with Gasteiger partial charge in [-0.2, -0.15) is 18.4 Å². The number of hydrogen-bond donors (Lipinski definition) is 0. The Hall–Kier alpha value is -2.00. The van der Waals surface area contributed by atoms with E-state index in [-0.39, 0.29) is 5.75 Å². The quantitative estimate of drug-likeness (QED) is 0.758. The first-order chi connectivity index (χ1) is 9.41. The molecule has 0 radical (unpaired) electrons. The fourth-order valence-electron chi connectivity index (χ4n) is 1.58. The Balaban J connectivity index is 2.37. The van der Waals surface area contributed by atoms with Crippen LogP contribution in [0.2, 0.25) is 0 Å². The molecule has 2 aromatic carbocycles. The average molecular weight is 342 g/mol. The van der Waals surface area contributed by atoms with Gasteiger partial charge in [0.2, 0.25) is 0 Å². The van der Waals surface area contributed by atoms with Crippen molar-refractivity contribution in [2.45, 2.75) is 6.18 Å². The van der Waals surface area contributed by atoms with Crippen LogP contribution in [0.1, 0.15) is 11.1 Å². The summed E-state index contributed by atoms with van der Waals surface area (Å²) in [6, 6.07) is 11.5. The molecule has 2 aromatic rings. The number of alkyl halides is 3. The van der Waals surface area contributed by atoms with Crippen LogP contribution in [-0.4, -0.2) is 0 Å². The van der Waals surface area contributed by atoms with Crippen molar-refractivity contribution < 1.29 is 17.9 Å². The molecule has 0 aliphatic rings. The lowest BCUT2D eigenvalue weighted by molar-refractivity contribution is -0.137. The summed E-state index contributed by atoms with van der Waals surface area (Å²) in [6.45, 7) is 0. The molecule has 0 N–H and O–H groups in total. The Bertz CT molecular complexity index is 677. The van der Waals surface area contributed by atoms with E-state index in [0.717, 1.165) is 12.1 Å². The van der Waals surface area contributed by atoms with Crippen molar-refractivity contribution in [3.05, 3.63) is 58.1 Å². The molecule has 0 spiro atoms. The molecule has 0 heterocycles. The van der Waals surface area contributed by atoms with Gasteiger partial charge in [0.25, 0.3) is 0 Å². The molecular formula is C14H7BrF3NO. The summed E-state index contributed by atoms with van der Waals surface area (Å²) in [5, 5.41) is 8.81. The second-order valence-corrected chi connectivity index (χ2v) is 4.70. The lowest BCUT2D eigenvalue weighted by atomic mass is 10.1. The molecule has 0 aromatic heterocycles. The standard InChI is InChI=1S/C14H7BrF3NO/c15-12-3-1-2-4-13(12)20-10-5-6-11(14(16,17)18)9(7-10)8-19/h1-7H. The Morgan fingerprint density at radius 2 is 1.80 bits per heavy atom. The lowest BCUT2D eigenvalue weighted by Crippen LogP contribution is -2.07. The second-order valence-electron chi connectivity index (χ2n) is 3.85. The molecule has 2 rings (SSSR count). The second kappa shape index (κ2) is 5.55. The van der Waals surface area contributed by atoms with Crippen LogP contribution in [-0.2, 0) is 6.18 Å². The average Bonchev–Trinajstić information content (AvgIpc) is 2.40. The Labute approximate surface area is 121 Å². The van der Waals surface area contributed by atoms with Gasteiger partial charge in [0.05, 0.1) is 21.7 Å². The third-order valence-corrected chi connectivity index (χ3v) is 3.14. The van der Waals surface area contributed by atoms with E-state index in [1.54, 1.807) is 24.3 Å². The molecule has 0 amide bonds. The highest BCUT2D eigenvalue weighted by molar-refractivity contribution is 9.10. The summed E-state index contributed by atoms with van der Waals surface area (Å²) in [4.78, 5) is 0. The molecule has 0 aliphatic heterocycles.